The molecular weight excluding hydrogens is 362 g/mol. The summed E-state index contributed by atoms with van der Waals surface area (Å²) in [6.07, 6.45) is 11.5. The van der Waals surface area contributed by atoms with Gasteiger partial charge < -0.3 is 9.88 Å². The van der Waals surface area contributed by atoms with Crippen molar-refractivity contribution in [2.45, 2.75) is 58.2 Å². The number of aromatic nitrogens is 4. The maximum Gasteiger partial charge on any atom is 0.262 e. The second-order valence-corrected chi connectivity index (χ2v) is 8.20. The third-order valence-corrected chi connectivity index (χ3v) is 6.17. The van der Waals surface area contributed by atoms with Gasteiger partial charge in [0.05, 0.1) is 18.0 Å². The first-order valence-corrected chi connectivity index (χ1v) is 10.2. The quantitative estimate of drug-likeness (QED) is 0.705. The minimum atomic E-state index is -0.0676. The summed E-state index contributed by atoms with van der Waals surface area (Å²) in [5.41, 5.74) is 1.17. The van der Waals surface area contributed by atoms with Crippen molar-refractivity contribution in [2.24, 2.45) is 0 Å². The SMILES string of the molecule is CC(Cn1ccnc1)NC(=O)CCn1cnc2sc3c(c2c1=O)CCCC3. The van der Waals surface area contributed by atoms with E-state index in [-0.39, 0.29) is 23.9 Å². The van der Waals surface area contributed by atoms with Crippen LogP contribution in [0.5, 0.6) is 0 Å². The number of thiophene rings is 1. The van der Waals surface area contributed by atoms with E-state index in [1.807, 2.05) is 17.7 Å². The van der Waals surface area contributed by atoms with Gasteiger partial charge in [0.2, 0.25) is 5.91 Å². The van der Waals surface area contributed by atoms with Gasteiger partial charge in [-0.1, -0.05) is 0 Å². The normalized spacial score (nSPS) is 14.9. The molecule has 4 rings (SSSR count). The van der Waals surface area contributed by atoms with Gasteiger partial charge in [-0.15, -0.1) is 11.3 Å². The van der Waals surface area contributed by atoms with Gasteiger partial charge in [-0.05, 0) is 38.2 Å². The summed E-state index contributed by atoms with van der Waals surface area (Å²) in [5.74, 6) is -0.0676. The lowest BCUT2D eigenvalue weighted by Crippen LogP contribution is -2.36. The van der Waals surface area contributed by atoms with E-state index in [9.17, 15) is 9.59 Å². The van der Waals surface area contributed by atoms with Crippen molar-refractivity contribution in [3.8, 4) is 0 Å². The van der Waals surface area contributed by atoms with Gasteiger partial charge in [-0.3, -0.25) is 14.2 Å². The van der Waals surface area contributed by atoms with Gasteiger partial charge in [0.25, 0.3) is 5.56 Å². The number of hydrogen-bond donors (Lipinski definition) is 1. The second kappa shape index (κ2) is 7.64. The summed E-state index contributed by atoms with van der Waals surface area (Å²) in [6, 6.07) is -0.00656. The lowest BCUT2D eigenvalue weighted by atomic mass is 9.97. The highest BCUT2D eigenvalue weighted by molar-refractivity contribution is 7.18. The number of carbonyl (C=O) groups excluding carboxylic acids is 1. The lowest BCUT2D eigenvalue weighted by Gasteiger charge is -2.14. The molecule has 0 aromatic carbocycles. The molecule has 7 nitrogen and oxygen atoms in total. The fraction of sp³-hybridized carbons (Fsp3) is 0.474. The van der Waals surface area contributed by atoms with E-state index >= 15 is 0 Å². The van der Waals surface area contributed by atoms with Crippen LogP contribution >= 0.6 is 11.3 Å². The van der Waals surface area contributed by atoms with Gasteiger partial charge in [0, 0.05) is 42.8 Å². The Morgan fingerprint density at radius 2 is 2.19 bits per heavy atom. The maximum absolute atomic E-state index is 12.9. The van der Waals surface area contributed by atoms with Crippen LogP contribution in [-0.4, -0.2) is 31.1 Å². The van der Waals surface area contributed by atoms with Crippen LogP contribution in [0.3, 0.4) is 0 Å². The highest BCUT2D eigenvalue weighted by Crippen LogP contribution is 2.33. The Kier molecular flexibility index (Phi) is 5.07. The van der Waals surface area contributed by atoms with Crippen LogP contribution < -0.4 is 10.9 Å². The Balaban J connectivity index is 1.42. The monoisotopic (exact) mass is 385 g/mol. The van der Waals surface area contributed by atoms with E-state index in [0.717, 1.165) is 29.5 Å². The largest absolute Gasteiger partial charge is 0.352 e. The van der Waals surface area contributed by atoms with Crippen LogP contribution in [0.4, 0.5) is 0 Å². The van der Waals surface area contributed by atoms with Crippen molar-refractivity contribution in [1.29, 1.82) is 0 Å². The Hall–Kier alpha value is -2.48. The van der Waals surface area contributed by atoms with Crippen molar-refractivity contribution >= 4 is 27.5 Å². The van der Waals surface area contributed by atoms with Crippen molar-refractivity contribution in [3.05, 3.63) is 45.8 Å². The molecule has 1 aliphatic carbocycles. The van der Waals surface area contributed by atoms with Crippen LogP contribution in [0.2, 0.25) is 0 Å². The van der Waals surface area contributed by atoms with E-state index in [1.165, 1.54) is 16.9 Å². The zero-order valence-electron chi connectivity index (χ0n) is 15.4. The van der Waals surface area contributed by atoms with E-state index in [2.05, 4.69) is 15.3 Å². The molecule has 1 aliphatic rings. The molecule has 3 aromatic heterocycles. The van der Waals surface area contributed by atoms with E-state index in [0.29, 0.717) is 13.1 Å². The molecule has 1 N–H and O–H groups in total. The molecule has 0 spiro atoms. The molecule has 3 aromatic rings. The molecule has 0 saturated heterocycles. The standard InChI is InChI=1S/C19H23N5O2S/c1-13(10-23-9-7-20-11-23)22-16(25)6-8-24-12-21-18-17(19(24)26)14-4-2-3-5-15(14)27-18/h7,9,11-13H,2-6,8,10H2,1H3,(H,22,25). The van der Waals surface area contributed by atoms with Gasteiger partial charge in [0.1, 0.15) is 4.83 Å². The molecule has 0 bridgehead atoms. The van der Waals surface area contributed by atoms with E-state index < -0.39 is 0 Å². The number of amides is 1. The molecule has 1 atom stereocenters. The second-order valence-electron chi connectivity index (χ2n) is 7.11. The predicted molar refractivity (Wildman–Crippen MR) is 105 cm³/mol. The number of nitrogens with one attached hydrogen (secondary N) is 1. The number of rotatable bonds is 6. The number of carbonyl (C=O) groups is 1. The van der Waals surface area contributed by atoms with Crippen LogP contribution in [0.1, 0.15) is 36.6 Å². The molecule has 0 saturated carbocycles. The summed E-state index contributed by atoms with van der Waals surface area (Å²) < 4.78 is 3.50. The summed E-state index contributed by atoms with van der Waals surface area (Å²) in [5, 5.41) is 3.74. The summed E-state index contributed by atoms with van der Waals surface area (Å²) in [6.45, 7) is 2.96. The lowest BCUT2D eigenvalue weighted by molar-refractivity contribution is -0.122. The van der Waals surface area contributed by atoms with Crippen molar-refractivity contribution in [1.82, 2.24) is 24.4 Å². The van der Waals surface area contributed by atoms with E-state index in [4.69, 9.17) is 0 Å². The molecule has 1 amide bonds. The molecule has 3 heterocycles. The topological polar surface area (TPSA) is 81.8 Å². The molecule has 27 heavy (non-hydrogen) atoms. The van der Waals surface area contributed by atoms with Crippen molar-refractivity contribution < 1.29 is 4.79 Å². The Morgan fingerprint density at radius 3 is 3.00 bits per heavy atom. The van der Waals surface area contributed by atoms with Gasteiger partial charge >= 0.3 is 0 Å². The Labute approximate surface area is 161 Å². The summed E-state index contributed by atoms with van der Waals surface area (Å²) in [4.78, 5) is 35.8. The van der Waals surface area contributed by atoms with Crippen molar-refractivity contribution in [3.63, 3.8) is 0 Å². The van der Waals surface area contributed by atoms with Crippen LogP contribution in [-0.2, 0) is 30.7 Å². The number of aryl methyl sites for hydroxylation is 3. The Morgan fingerprint density at radius 1 is 1.33 bits per heavy atom. The fourth-order valence-corrected chi connectivity index (χ4v) is 4.89. The number of hydrogen-bond acceptors (Lipinski definition) is 5. The van der Waals surface area contributed by atoms with E-state index in [1.54, 1.807) is 34.8 Å². The molecule has 142 valence electrons. The number of imidazole rings is 1. The van der Waals surface area contributed by atoms with Gasteiger partial charge in [0.15, 0.2) is 0 Å². The van der Waals surface area contributed by atoms with Crippen LogP contribution in [0, 0.1) is 0 Å². The Bertz CT molecular complexity index is 1010. The van der Waals surface area contributed by atoms with Crippen LogP contribution in [0.25, 0.3) is 10.2 Å². The highest BCUT2D eigenvalue weighted by atomic mass is 32.1. The molecule has 0 aliphatic heterocycles. The van der Waals surface area contributed by atoms with Gasteiger partial charge in [-0.25, -0.2) is 9.97 Å². The van der Waals surface area contributed by atoms with Gasteiger partial charge in [-0.2, -0.15) is 0 Å². The highest BCUT2D eigenvalue weighted by Gasteiger charge is 2.20. The zero-order chi connectivity index (χ0) is 18.8. The predicted octanol–water partition coefficient (Wildman–Crippen LogP) is 2.13. The third kappa shape index (κ3) is 3.80. The molecular formula is C19H23N5O2S. The minimum Gasteiger partial charge on any atom is -0.352 e. The third-order valence-electron chi connectivity index (χ3n) is 4.97. The van der Waals surface area contributed by atoms with Crippen LogP contribution in [0.15, 0.2) is 29.8 Å². The smallest absolute Gasteiger partial charge is 0.262 e. The summed E-state index contributed by atoms with van der Waals surface area (Å²) >= 11 is 1.65. The first-order chi connectivity index (χ1) is 13.1. The maximum atomic E-state index is 12.9. The average molecular weight is 385 g/mol. The minimum absolute atomic E-state index is 0.00656. The molecule has 1 unspecified atom stereocenters. The molecule has 0 fully saturated rings. The van der Waals surface area contributed by atoms with Crippen molar-refractivity contribution in [2.75, 3.05) is 0 Å². The first-order valence-electron chi connectivity index (χ1n) is 9.36. The molecule has 8 heteroatoms. The average Bonchev–Trinajstić information content (AvgIpc) is 3.28. The zero-order valence-corrected chi connectivity index (χ0v) is 16.2. The summed E-state index contributed by atoms with van der Waals surface area (Å²) in [7, 11) is 0. The molecule has 0 radical (unpaired) electrons. The first kappa shape index (κ1) is 17.9. The fourth-order valence-electron chi connectivity index (χ4n) is 3.67. The number of fused-ring (bicyclic) bond motifs is 3. The number of nitrogens with zero attached hydrogens (tertiary/aromatic N) is 4.